The smallest absolute Gasteiger partial charge is 0.279 e. The summed E-state index contributed by atoms with van der Waals surface area (Å²) in [6.45, 7) is 4.89. The topological polar surface area (TPSA) is 87.7 Å². The van der Waals surface area contributed by atoms with Crippen molar-refractivity contribution >= 4 is 16.1 Å². The van der Waals surface area contributed by atoms with Gasteiger partial charge in [-0.1, -0.05) is 48.5 Å². The molecule has 0 spiro atoms. The van der Waals surface area contributed by atoms with Crippen molar-refractivity contribution in [2.75, 3.05) is 33.3 Å². The van der Waals surface area contributed by atoms with Crippen LogP contribution in [0.2, 0.25) is 0 Å². The molecule has 1 amide bonds. The molecule has 1 fully saturated rings. The Labute approximate surface area is 184 Å². The Hall–Kier alpha value is -2.68. The average molecular weight is 444 g/mol. The van der Waals surface area contributed by atoms with E-state index in [-0.39, 0.29) is 17.9 Å². The summed E-state index contributed by atoms with van der Waals surface area (Å²) in [7, 11) is -2.02. The number of nitrogens with one attached hydrogen (secondary N) is 2. The van der Waals surface area contributed by atoms with Gasteiger partial charge in [-0.3, -0.25) is 4.79 Å². The molecule has 2 N–H and O–H groups in total. The first-order valence-corrected chi connectivity index (χ1v) is 11.7. The minimum absolute atomic E-state index is 0.192. The van der Waals surface area contributed by atoms with Crippen molar-refractivity contribution in [3.8, 4) is 5.75 Å². The molecular weight excluding hydrogens is 414 g/mol. The highest BCUT2D eigenvalue weighted by molar-refractivity contribution is 7.87. The molecule has 0 radical (unpaired) electrons. The molecule has 2 aromatic carbocycles. The third-order valence-corrected chi connectivity index (χ3v) is 7.33. The number of amides is 1. The van der Waals surface area contributed by atoms with E-state index in [0.29, 0.717) is 43.8 Å². The van der Waals surface area contributed by atoms with Gasteiger partial charge in [0.25, 0.3) is 16.1 Å². The summed E-state index contributed by atoms with van der Waals surface area (Å²) in [5.41, 5.74) is 1.21. The second-order valence-electron chi connectivity index (χ2n) is 7.57. The molecule has 0 atom stereocenters. The van der Waals surface area contributed by atoms with Crippen LogP contribution in [-0.4, -0.2) is 51.9 Å². The maximum atomic E-state index is 12.9. The molecule has 0 aromatic heterocycles. The number of rotatable bonds is 9. The largest absolute Gasteiger partial charge is 0.496 e. The van der Waals surface area contributed by atoms with Crippen LogP contribution in [0, 0.1) is 0 Å². The van der Waals surface area contributed by atoms with Crippen molar-refractivity contribution in [1.29, 1.82) is 0 Å². The molecule has 8 heteroatoms. The van der Waals surface area contributed by atoms with Gasteiger partial charge in [-0.2, -0.15) is 17.4 Å². The fraction of sp³-hybridized carbons (Fsp3) is 0.348. The lowest BCUT2D eigenvalue weighted by Crippen LogP contribution is -2.52. The second-order valence-corrected chi connectivity index (χ2v) is 9.33. The van der Waals surface area contributed by atoms with E-state index in [1.165, 1.54) is 17.5 Å². The van der Waals surface area contributed by atoms with Crippen LogP contribution in [0.3, 0.4) is 0 Å². The first kappa shape index (κ1) is 23.0. The molecule has 2 aromatic rings. The standard InChI is InChI=1S/C23H29N3O4S/c1-3-15-25-31(28,29)26-16-13-23(14-17-26,19-9-5-4-6-10-19)18-24-22(27)20-11-7-8-12-21(20)30-2/h3-12,25H,1,13-18H2,2H3,(H,24,27). The lowest BCUT2D eigenvalue weighted by Gasteiger charge is -2.41. The summed E-state index contributed by atoms with van der Waals surface area (Å²) in [6, 6.07) is 17.0. The number of carbonyl (C=O) groups is 1. The van der Waals surface area contributed by atoms with E-state index in [1.54, 1.807) is 18.2 Å². The molecule has 31 heavy (non-hydrogen) atoms. The van der Waals surface area contributed by atoms with Crippen LogP contribution in [0.1, 0.15) is 28.8 Å². The highest BCUT2D eigenvalue weighted by Crippen LogP contribution is 2.36. The van der Waals surface area contributed by atoms with Crippen molar-refractivity contribution in [3.63, 3.8) is 0 Å². The zero-order chi connectivity index (χ0) is 22.3. The van der Waals surface area contributed by atoms with Gasteiger partial charge in [0.1, 0.15) is 5.75 Å². The molecule has 1 aliphatic heterocycles. The van der Waals surface area contributed by atoms with Crippen molar-refractivity contribution < 1.29 is 17.9 Å². The molecule has 0 unspecified atom stereocenters. The van der Waals surface area contributed by atoms with Gasteiger partial charge in [0.05, 0.1) is 12.7 Å². The van der Waals surface area contributed by atoms with Gasteiger partial charge in [-0.25, -0.2) is 0 Å². The van der Waals surface area contributed by atoms with E-state index in [4.69, 9.17) is 4.74 Å². The van der Waals surface area contributed by atoms with Crippen LogP contribution in [0.5, 0.6) is 5.75 Å². The Balaban J connectivity index is 1.77. The van der Waals surface area contributed by atoms with Gasteiger partial charge in [0.15, 0.2) is 0 Å². The van der Waals surface area contributed by atoms with Crippen molar-refractivity contribution in [2.24, 2.45) is 0 Å². The number of benzene rings is 2. The fourth-order valence-electron chi connectivity index (χ4n) is 3.95. The van der Waals surface area contributed by atoms with Gasteiger partial charge >= 0.3 is 0 Å². The molecule has 3 rings (SSSR count). The molecule has 1 heterocycles. The Morgan fingerprint density at radius 3 is 2.42 bits per heavy atom. The molecule has 1 saturated heterocycles. The molecule has 0 aliphatic carbocycles. The molecule has 0 saturated carbocycles. The number of methoxy groups -OCH3 is 1. The minimum atomic E-state index is -3.55. The number of ether oxygens (including phenoxy) is 1. The fourth-order valence-corrected chi connectivity index (χ4v) is 5.12. The summed E-state index contributed by atoms with van der Waals surface area (Å²) in [6.07, 6.45) is 2.71. The SMILES string of the molecule is C=CCNS(=O)(=O)N1CCC(CNC(=O)c2ccccc2OC)(c2ccccc2)CC1. The molecule has 1 aliphatic rings. The number of piperidine rings is 1. The van der Waals surface area contributed by atoms with Crippen molar-refractivity contribution in [3.05, 3.63) is 78.4 Å². The van der Waals surface area contributed by atoms with E-state index < -0.39 is 10.2 Å². The van der Waals surface area contributed by atoms with Gasteiger partial charge in [-0.05, 0) is 30.5 Å². The molecular formula is C23H29N3O4S. The van der Waals surface area contributed by atoms with Crippen LogP contribution in [0.15, 0.2) is 67.3 Å². The van der Waals surface area contributed by atoms with Crippen LogP contribution in [0.25, 0.3) is 0 Å². The van der Waals surface area contributed by atoms with E-state index in [9.17, 15) is 13.2 Å². The second kappa shape index (κ2) is 10.1. The van der Waals surface area contributed by atoms with Crippen LogP contribution in [0.4, 0.5) is 0 Å². The van der Waals surface area contributed by atoms with Crippen molar-refractivity contribution in [1.82, 2.24) is 14.3 Å². The molecule has 0 bridgehead atoms. The van der Waals surface area contributed by atoms with E-state index in [1.807, 2.05) is 36.4 Å². The Bertz CT molecular complexity index is 1000. The summed E-state index contributed by atoms with van der Waals surface area (Å²) in [4.78, 5) is 12.9. The normalized spacial score (nSPS) is 16.4. The number of carbonyl (C=O) groups excluding carboxylic acids is 1. The van der Waals surface area contributed by atoms with Gasteiger partial charge in [0.2, 0.25) is 0 Å². The predicted octanol–water partition coefficient (Wildman–Crippen LogP) is 2.48. The van der Waals surface area contributed by atoms with Gasteiger partial charge in [0, 0.05) is 31.6 Å². The zero-order valence-corrected chi connectivity index (χ0v) is 18.5. The number of hydrogen-bond donors (Lipinski definition) is 2. The molecule has 166 valence electrons. The van der Waals surface area contributed by atoms with E-state index >= 15 is 0 Å². The lowest BCUT2D eigenvalue weighted by atomic mass is 9.73. The third-order valence-electron chi connectivity index (χ3n) is 5.75. The lowest BCUT2D eigenvalue weighted by molar-refractivity contribution is 0.0930. The summed E-state index contributed by atoms with van der Waals surface area (Å²) >= 11 is 0. The maximum Gasteiger partial charge on any atom is 0.279 e. The first-order chi connectivity index (χ1) is 14.9. The summed E-state index contributed by atoms with van der Waals surface area (Å²) < 4.78 is 34.3. The number of nitrogens with zero attached hydrogens (tertiary/aromatic N) is 1. The first-order valence-electron chi connectivity index (χ1n) is 10.2. The quantitative estimate of drug-likeness (QED) is 0.583. The van der Waals surface area contributed by atoms with Gasteiger partial charge in [-0.15, -0.1) is 6.58 Å². The summed E-state index contributed by atoms with van der Waals surface area (Å²) in [5.74, 6) is 0.304. The Morgan fingerprint density at radius 1 is 1.13 bits per heavy atom. The van der Waals surface area contributed by atoms with Crippen LogP contribution < -0.4 is 14.8 Å². The minimum Gasteiger partial charge on any atom is -0.496 e. The predicted molar refractivity (Wildman–Crippen MR) is 121 cm³/mol. The maximum absolute atomic E-state index is 12.9. The highest BCUT2D eigenvalue weighted by Gasteiger charge is 2.39. The molecule has 7 nitrogen and oxygen atoms in total. The third kappa shape index (κ3) is 5.33. The van der Waals surface area contributed by atoms with E-state index in [0.717, 1.165) is 5.56 Å². The Morgan fingerprint density at radius 2 is 1.77 bits per heavy atom. The van der Waals surface area contributed by atoms with Crippen molar-refractivity contribution in [2.45, 2.75) is 18.3 Å². The van der Waals surface area contributed by atoms with Crippen LogP contribution in [-0.2, 0) is 15.6 Å². The monoisotopic (exact) mass is 443 g/mol. The van der Waals surface area contributed by atoms with Crippen LogP contribution >= 0.6 is 0 Å². The number of hydrogen-bond acceptors (Lipinski definition) is 4. The average Bonchev–Trinajstić information content (AvgIpc) is 2.82. The summed E-state index contributed by atoms with van der Waals surface area (Å²) in [5, 5.41) is 3.05. The number of para-hydroxylation sites is 1. The highest BCUT2D eigenvalue weighted by atomic mass is 32.2. The van der Waals surface area contributed by atoms with Gasteiger partial charge < -0.3 is 10.1 Å². The zero-order valence-electron chi connectivity index (χ0n) is 17.7. The van der Waals surface area contributed by atoms with E-state index in [2.05, 4.69) is 16.6 Å². The Kier molecular flexibility index (Phi) is 7.48.